The number of carbonyl (C=O) groups is 1. The summed E-state index contributed by atoms with van der Waals surface area (Å²) in [6.07, 6.45) is 5.22. The minimum atomic E-state index is -0.115. The van der Waals surface area contributed by atoms with Gasteiger partial charge in [-0.3, -0.25) is 4.79 Å². The van der Waals surface area contributed by atoms with Crippen molar-refractivity contribution in [1.82, 2.24) is 10.2 Å². The monoisotopic (exact) mass is 358 g/mol. The SMILES string of the molecule is CN(CCNC(=O)c1cccc(Br)c1Cl)C1CCCC1. The molecule has 1 aromatic rings. The maximum atomic E-state index is 12.1. The van der Waals surface area contributed by atoms with E-state index in [0.29, 0.717) is 23.2 Å². The molecular formula is C15H20BrClN2O. The minimum absolute atomic E-state index is 0.115. The van der Waals surface area contributed by atoms with Crippen LogP contribution in [-0.4, -0.2) is 37.0 Å². The van der Waals surface area contributed by atoms with Gasteiger partial charge in [-0.25, -0.2) is 0 Å². The Kier molecular flexibility index (Phi) is 5.87. The Labute approximate surface area is 133 Å². The third-order valence-corrected chi connectivity index (χ3v) is 5.19. The lowest BCUT2D eigenvalue weighted by atomic mass is 10.2. The van der Waals surface area contributed by atoms with Crippen molar-refractivity contribution in [3.63, 3.8) is 0 Å². The second-order valence-electron chi connectivity index (χ2n) is 5.28. The Morgan fingerprint density at radius 3 is 2.85 bits per heavy atom. The zero-order chi connectivity index (χ0) is 14.5. The standard InChI is InChI=1S/C15H20BrClN2O/c1-19(11-5-2-3-6-11)10-9-18-15(20)12-7-4-8-13(16)14(12)17/h4,7-8,11H,2-3,5-6,9-10H2,1H3,(H,18,20). The predicted octanol–water partition coefficient (Wildman–Crippen LogP) is 3.71. The molecule has 2 rings (SSSR count). The van der Waals surface area contributed by atoms with Crippen LogP contribution in [0.25, 0.3) is 0 Å². The number of halogens is 2. The van der Waals surface area contributed by atoms with Crippen LogP contribution in [-0.2, 0) is 0 Å². The van der Waals surface area contributed by atoms with Crippen molar-refractivity contribution in [2.75, 3.05) is 20.1 Å². The second kappa shape index (κ2) is 7.43. The molecule has 110 valence electrons. The molecule has 0 bridgehead atoms. The van der Waals surface area contributed by atoms with Crippen LogP contribution < -0.4 is 5.32 Å². The summed E-state index contributed by atoms with van der Waals surface area (Å²) < 4.78 is 0.745. The molecule has 1 fully saturated rings. The molecule has 0 radical (unpaired) electrons. The van der Waals surface area contributed by atoms with E-state index >= 15 is 0 Å². The van der Waals surface area contributed by atoms with Crippen molar-refractivity contribution >= 4 is 33.4 Å². The van der Waals surface area contributed by atoms with E-state index in [4.69, 9.17) is 11.6 Å². The topological polar surface area (TPSA) is 32.3 Å². The number of carbonyl (C=O) groups excluding carboxylic acids is 1. The fourth-order valence-corrected chi connectivity index (χ4v) is 3.23. The minimum Gasteiger partial charge on any atom is -0.351 e. The molecule has 5 heteroatoms. The zero-order valence-electron chi connectivity index (χ0n) is 11.7. The van der Waals surface area contributed by atoms with E-state index in [9.17, 15) is 4.79 Å². The van der Waals surface area contributed by atoms with Gasteiger partial charge in [0.2, 0.25) is 0 Å². The maximum Gasteiger partial charge on any atom is 0.252 e. The number of nitrogens with one attached hydrogen (secondary N) is 1. The van der Waals surface area contributed by atoms with Gasteiger partial charge in [0.15, 0.2) is 0 Å². The van der Waals surface area contributed by atoms with E-state index in [0.717, 1.165) is 11.0 Å². The molecule has 1 N–H and O–H groups in total. The lowest BCUT2D eigenvalue weighted by Gasteiger charge is -2.23. The maximum absolute atomic E-state index is 12.1. The Morgan fingerprint density at radius 2 is 2.15 bits per heavy atom. The number of likely N-dealkylation sites (N-methyl/N-ethyl adjacent to an activating group) is 1. The van der Waals surface area contributed by atoms with Gasteiger partial charge in [0.05, 0.1) is 10.6 Å². The van der Waals surface area contributed by atoms with Gasteiger partial charge in [-0.05, 0) is 48.0 Å². The molecule has 0 heterocycles. The molecule has 0 saturated heterocycles. The summed E-state index contributed by atoms with van der Waals surface area (Å²) in [5, 5.41) is 3.40. The first-order valence-electron chi connectivity index (χ1n) is 7.02. The molecule has 1 aliphatic carbocycles. The molecule has 0 aliphatic heterocycles. The van der Waals surface area contributed by atoms with E-state index < -0.39 is 0 Å². The van der Waals surface area contributed by atoms with Crippen LogP contribution in [0.5, 0.6) is 0 Å². The smallest absolute Gasteiger partial charge is 0.252 e. The van der Waals surface area contributed by atoms with Crippen LogP contribution in [0.4, 0.5) is 0 Å². The Bertz CT molecular complexity index is 475. The summed E-state index contributed by atoms with van der Waals surface area (Å²) in [6, 6.07) is 6.06. The molecule has 1 amide bonds. The van der Waals surface area contributed by atoms with E-state index in [1.807, 2.05) is 12.1 Å². The first-order valence-corrected chi connectivity index (χ1v) is 8.19. The van der Waals surface area contributed by atoms with Crippen LogP contribution >= 0.6 is 27.5 Å². The first-order chi connectivity index (χ1) is 9.59. The Balaban J connectivity index is 1.81. The Morgan fingerprint density at radius 1 is 1.45 bits per heavy atom. The molecule has 0 aromatic heterocycles. The van der Waals surface area contributed by atoms with Gasteiger partial charge in [-0.1, -0.05) is 30.5 Å². The van der Waals surface area contributed by atoms with Crippen molar-refractivity contribution in [3.05, 3.63) is 33.3 Å². The van der Waals surface area contributed by atoms with E-state index in [2.05, 4.69) is 33.2 Å². The van der Waals surface area contributed by atoms with Gasteiger partial charge >= 0.3 is 0 Å². The molecule has 1 aromatic carbocycles. The van der Waals surface area contributed by atoms with Crippen LogP contribution in [0, 0.1) is 0 Å². The van der Waals surface area contributed by atoms with Crippen LogP contribution in [0.3, 0.4) is 0 Å². The van der Waals surface area contributed by atoms with Crippen molar-refractivity contribution in [2.45, 2.75) is 31.7 Å². The van der Waals surface area contributed by atoms with Crippen LogP contribution in [0.15, 0.2) is 22.7 Å². The summed E-state index contributed by atoms with van der Waals surface area (Å²) in [4.78, 5) is 14.4. The van der Waals surface area contributed by atoms with E-state index in [1.54, 1.807) is 6.07 Å². The predicted molar refractivity (Wildman–Crippen MR) is 86.4 cm³/mol. The fourth-order valence-electron chi connectivity index (χ4n) is 2.65. The number of rotatable bonds is 5. The average molecular weight is 360 g/mol. The largest absolute Gasteiger partial charge is 0.351 e. The molecule has 1 saturated carbocycles. The second-order valence-corrected chi connectivity index (χ2v) is 6.51. The average Bonchev–Trinajstić information content (AvgIpc) is 2.95. The summed E-state index contributed by atoms with van der Waals surface area (Å²) in [6.45, 7) is 1.52. The van der Waals surface area contributed by atoms with Gasteiger partial charge in [-0.15, -0.1) is 0 Å². The fraction of sp³-hybridized carbons (Fsp3) is 0.533. The van der Waals surface area contributed by atoms with Crippen molar-refractivity contribution in [2.24, 2.45) is 0 Å². The lowest BCUT2D eigenvalue weighted by Crippen LogP contribution is -2.37. The third-order valence-electron chi connectivity index (χ3n) is 3.89. The highest BCUT2D eigenvalue weighted by Crippen LogP contribution is 2.26. The molecule has 0 spiro atoms. The molecule has 3 nitrogen and oxygen atoms in total. The van der Waals surface area contributed by atoms with Gasteiger partial charge in [0.25, 0.3) is 5.91 Å². The zero-order valence-corrected chi connectivity index (χ0v) is 14.0. The van der Waals surface area contributed by atoms with Crippen molar-refractivity contribution in [3.8, 4) is 0 Å². The summed E-state index contributed by atoms with van der Waals surface area (Å²) in [5.41, 5.74) is 0.518. The molecule has 0 atom stereocenters. The number of hydrogen-bond donors (Lipinski definition) is 1. The quantitative estimate of drug-likeness (QED) is 0.869. The normalized spacial score (nSPS) is 15.8. The summed E-state index contributed by atoms with van der Waals surface area (Å²) >= 11 is 9.45. The summed E-state index contributed by atoms with van der Waals surface area (Å²) in [5.74, 6) is -0.115. The molecule has 1 aliphatic rings. The van der Waals surface area contributed by atoms with Crippen LogP contribution in [0.1, 0.15) is 36.0 Å². The highest BCUT2D eigenvalue weighted by atomic mass is 79.9. The van der Waals surface area contributed by atoms with Gasteiger partial charge in [0.1, 0.15) is 0 Å². The highest BCUT2D eigenvalue weighted by Gasteiger charge is 2.19. The number of benzene rings is 1. The number of amides is 1. The number of nitrogens with zero attached hydrogens (tertiary/aromatic N) is 1. The molecule has 0 unspecified atom stereocenters. The summed E-state index contributed by atoms with van der Waals surface area (Å²) in [7, 11) is 2.13. The van der Waals surface area contributed by atoms with Gasteiger partial charge in [0, 0.05) is 23.6 Å². The molecular weight excluding hydrogens is 340 g/mol. The van der Waals surface area contributed by atoms with E-state index in [1.165, 1.54) is 25.7 Å². The van der Waals surface area contributed by atoms with Gasteiger partial charge < -0.3 is 10.2 Å². The van der Waals surface area contributed by atoms with Crippen molar-refractivity contribution in [1.29, 1.82) is 0 Å². The lowest BCUT2D eigenvalue weighted by molar-refractivity contribution is 0.0947. The van der Waals surface area contributed by atoms with E-state index in [-0.39, 0.29) is 5.91 Å². The molecule has 20 heavy (non-hydrogen) atoms. The van der Waals surface area contributed by atoms with Crippen molar-refractivity contribution < 1.29 is 4.79 Å². The Hall–Kier alpha value is -0.580. The van der Waals surface area contributed by atoms with Gasteiger partial charge in [-0.2, -0.15) is 0 Å². The number of hydrogen-bond acceptors (Lipinski definition) is 2. The highest BCUT2D eigenvalue weighted by molar-refractivity contribution is 9.10. The first kappa shape index (κ1) is 15.8. The van der Waals surface area contributed by atoms with Crippen LogP contribution in [0.2, 0.25) is 5.02 Å². The third kappa shape index (κ3) is 3.96.